The normalized spacial score (nSPS) is 25.1. The van der Waals surface area contributed by atoms with Crippen LogP contribution in [0.4, 0.5) is 0 Å². The summed E-state index contributed by atoms with van der Waals surface area (Å²) in [7, 11) is 1.69. The summed E-state index contributed by atoms with van der Waals surface area (Å²) in [4.78, 5) is 0. The second kappa shape index (κ2) is 5.52. The molecule has 1 aromatic carbocycles. The highest BCUT2D eigenvalue weighted by Gasteiger charge is 2.27. The van der Waals surface area contributed by atoms with E-state index < -0.39 is 0 Å². The lowest BCUT2D eigenvalue weighted by molar-refractivity contribution is 0.264. The average Bonchev–Trinajstić information content (AvgIpc) is 2.33. The van der Waals surface area contributed by atoms with Gasteiger partial charge in [-0.25, -0.2) is 0 Å². The largest absolute Gasteiger partial charge is 0.497 e. The van der Waals surface area contributed by atoms with Crippen molar-refractivity contribution < 1.29 is 4.74 Å². The fourth-order valence-corrected chi connectivity index (χ4v) is 2.37. The average molecular weight is 234 g/mol. The molecule has 0 aliphatic heterocycles. The Morgan fingerprint density at radius 3 is 2.47 bits per heavy atom. The molecule has 1 aromatic rings. The van der Waals surface area contributed by atoms with Crippen LogP contribution in [0.15, 0.2) is 24.3 Å². The van der Waals surface area contributed by atoms with Gasteiger partial charge < -0.3 is 15.8 Å². The van der Waals surface area contributed by atoms with Gasteiger partial charge in [0.2, 0.25) is 0 Å². The molecule has 17 heavy (non-hydrogen) atoms. The van der Waals surface area contributed by atoms with Crippen molar-refractivity contribution in [3.63, 3.8) is 0 Å². The van der Waals surface area contributed by atoms with Crippen molar-refractivity contribution in [1.29, 1.82) is 0 Å². The van der Waals surface area contributed by atoms with Gasteiger partial charge in [-0.1, -0.05) is 19.1 Å². The van der Waals surface area contributed by atoms with Crippen molar-refractivity contribution in [1.82, 2.24) is 5.32 Å². The molecule has 1 aliphatic carbocycles. The van der Waals surface area contributed by atoms with Gasteiger partial charge in [0.15, 0.2) is 0 Å². The highest BCUT2D eigenvalue weighted by molar-refractivity contribution is 5.29. The predicted octanol–water partition coefficient (Wildman–Crippen LogP) is 2.23. The van der Waals surface area contributed by atoms with E-state index in [4.69, 9.17) is 10.5 Å². The summed E-state index contributed by atoms with van der Waals surface area (Å²) in [6, 6.07) is 9.74. The number of benzene rings is 1. The van der Waals surface area contributed by atoms with E-state index in [9.17, 15) is 0 Å². The maximum atomic E-state index is 5.81. The van der Waals surface area contributed by atoms with Gasteiger partial charge in [-0.3, -0.25) is 0 Å². The van der Waals surface area contributed by atoms with Crippen molar-refractivity contribution in [2.45, 2.75) is 44.3 Å². The third-order valence-electron chi connectivity index (χ3n) is 3.54. The third kappa shape index (κ3) is 2.99. The fraction of sp³-hybridized carbons (Fsp3) is 0.571. The highest BCUT2D eigenvalue weighted by atomic mass is 16.5. The molecule has 1 saturated carbocycles. The van der Waals surface area contributed by atoms with Gasteiger partial charge in [-0.15, -0.1) is 0 Å². The van der Waals surface area contributed by atoms with Crippen LogP contribution in [0, 0.1) is 0 Å². The lowest BCUT2D eigenvalue weighted by atomic mass is 9.86. The first kappa shape index (κ1) is 12.4. The Balaban J connectivity index is 1.96. The molecule has 0 radical (unpaired) electrons. The molecule has 0 spiro atoms. The van der Waals surface area contributed by atoms with Gasteiger partial charge in [0.05, 0.1) is 7.11 Å². The monoisotopic (exact) mass is 234 g/mol. The van der Waals surface area contributed by atoms with Crippen LogP contribution in [0.3, 0.4) is 0 Å². The number of hydrogen-bond acceptors (Lipinski definition) is 3. The van der Waals surface area contributed by atoms with Crippen molar-refractivity contribution in [3.05, 3.63) is 29.8 Å². The van der Waals surface area contributed by atoms with E-state index in [1.54, 1.807) is 7.11 Å². The molecule has 1 unspecified atom stereocenters. The molecule has 0 bridgehead atoms. The molecule has 3 nitrogen and oxygen atoms in total. The lowest BCUT2D eigenvalue weighted by Gasteiger charge is -2.36. The van der Waals surface area contributed by atoms with Gasteiger partial charge >= 0.3 is 0 Å². The zero-order valence-corrected chi connectivity index (χ0v) is 10.6. The van der Waals surface area contributed by atoms with Crippen LogP contribution in [-0.4, -0.2) is 19.2 Å². The van der Waals surface area contributed by atoms with Crippen LogP contribution < -0.4 is 15.8 Å². The third-order valence-corrected chi connectivity index (χ3v) is 3.54. The van der Waals surface area contributed by atoms with E-state index in [1.165, 1.54) is 5.56 Å². The highest BCUT2D eigenvalue weighted by Crippen LogP contribution is 2.25. The molecule has 0 aromatic heterocycles. The summed E-state index contributed by atoms with van der Waals surface area (Å²) in [6.45, 7) is 2.21. The first-order valence-corrected chi connectivity index (χ1v) is 6.38. The molecule has 1 atom stereocenters. The predicted molar refractivity (Wildman–Crippen MR) is 70.2 cm³/mol. The molecule has 0 heterocycles. The van der Waals surface area contributed by atoms with Gasteiger partial charge in [0.1, 0.15) is 5.75 Å². The summed E-state index contributed by atoms with van der Waals surface area (Å²) >= 11 is 0. The molecule has 1 aliphatic rings. The minimum absolute atomic E-state index is 0.404. The van der Waals surface area contributed by atoms with Crippen LogP contribution in [0.5, 0.6) is 5.75 Å². The van der Waals surface area contributed by atoms with Crippen LogP contribution in [0.25, 0.3) is 0 Å². The zero-order valence-electron chi connectivity index (χ0n) is 10.6. The molecule has 94 valence electrons. The Labute approximate surface area is 103 Å². The number of hydrogen-bond donors (Lipinski definition) is 2. The molecule has 3 heteroatoms. The standard InChI is InChI=1S/C14H22N2O/c1-3-14(16-12-8-11(15)9-12)10-4-6-13(17-2)7-5-10/h4-7,11-12,14,16H,3,8-9,15H2,1-2H3. The number of methoxy groups -OCH3 is 1. The molecule has 0 amide bonds. The van der Waals surface area contributed by atoms with E-state index in [0.717, 1.165) is 25.0 Å². The fourth-order valence-electron chi connectivity index (χ4n) is 2.37. The quantitative estimate of drug-likeness (QED) is 0.821. The summed E-state index contributed by atoms with van der Waals surface area (Å²) in [6.07, 6.45) is 3.30. The summed E-state index contributed by atoms with van der Waals surface area (Å²) in [5.41, 5.74) is 7.13. The number of rotatable bonds is 5. The van der Waals surface area contributed by atoms with Crippen LogP contribution in [-0.2, 0) is 0 Å². The van der Waals surface area contributed by atoms with E-state index >= 15 is 0 Å². The van der Waals surface area contributed by atoms with E-state index in [0.29, 0.717) is 18.1 Å². The van der Waals surface area contributed by atoms with Crippen molar-refractivity contribution in [3.8, 4) is 5.75 Å². The Morgan fingerprint density at radius 2 is 2.00 bits per heavy atom. The van der Waals surface area contributed by atoms with Crippen molar-refractivity contribution >= 4 is 0 Å². The summed E-state index contributed by atoms with van der Waals surface area (Å²) in [5.74, 6) is 0.911. The zero-order chi connectivity index (χ0) is 12.3. The topological polar surface area (TPSA) is 47.3 Å². The Bertz CT molecular complexity index is 344. The Morgan fingerprint density at radius 1 is 1.35 bits per heavy atom. The number of ether oxygens (including phenoxy) is 1. The Kier molecular flexibility index (Phi) is 4.02. The lowest BCUT2D eigenvalue weighted by Crippen LogP contribution is -2.49. The summed E-state index contributed by atoms with van der Waals surface area (Å²) < 4.78 is 5.17. The molecule has 0 saturated heterocycles. The number of nitrogens with two attached hydrogens (primary N) is 1. The first-order valence-electron chi connectivity index (χ1n) is 6.38. The maximum Gasteiger partial charge on any atom is 0.118 e. The maximum absolute atomic E-state index is 5.81. The second-order valence-corrected chi connectivity index (χ2v) is 4.83. The van der Waals surface area contributed by atoms with Crippen LogP contribution in [0.2, 0.25) is 0 Å². The molecule has 3 N–H and O–H groups in total. The molecule has 2 rings (SSSR count). The van der Waals surface area contributed by atoms with Gasteiger partial charge in [0, 0.05) is 18.1 Å². The van der Waals surface area contributed by atoms with Gasteiger partial charge in [-0.2, -0.15) is 0 Å². The summed E-state index contributed by atoms with van der Waals surface area (Å²) in [5, 5.41) is 3.67. The van der Waals surface area contributed by atoms with E-state index in [2.05, 4.69) is 24.4 Å². The minimum atomic E-state index is 0.404. The van der Waals surface area contributed by atoms with Gasteiger partial charge in [0.25, 0.3) is 0 Å². The molecular formula is C14H22N2O. The molecule has 1 fully saturated rings. The first-order chi connectivity index (χ1) is 8.22. The second-order valence-electron chi connectivity index (χ2n) is 4.83. The minimum Gasteiger partial charge on any atom is -0.497 e. The Hall–Kier alpha value is -1.06. The van der Waals surface area contributed by atoms with Crippen molar-refractivity contribution in [2.24, 2.45) is 5.73 Å². The van der Waals surface area contributed by atoms with E-state index in [-0.39, 0.29) is 0 Å². The van der Waals surface area contributed by atoms with Crippen molar-refractivity contribution in [2.75, 3.05) is 7.11 Å². The SMILES string of the molecule is CCC(NC1CC(N)C1)c1ccc(OC)cc1. The molecular weight excluding hydrogens is 212 g/mol. The van der Waals surface area contributed by atoms with E-state index in [1.807, 2.05) is 12.1 Å². The smallest absolute Gasteiger partial charge is 0.118 e. The number of nitrogens with one attached hydrogen (secondary N) is 1. The van der Waals surface area contributed by atoms with Crippen LogP contribution in [0.1, 0.15) is 37.8 Å². The van der Waals surface area contributed by atoms with Gasteiger partial charge in [-0.05, 0) is 37.0 Å². The van der Waals surface area contributed by atoms with Crippen LogP contribution >= 0.6 is 0 Å².